The molecule has 96 valence electrons. The molecule has 1 N–H and O–H groups in total. The van der Waals surface area contributed by atoms with Crippen molar-refractivity contribution >= 4 is 15.9 Å². The summed E-state index contributed by atoms with van der Waals surface area (Å²) in [6.45, 7) is 0.477. The van der Waals surface area contributed by atoms with Crippen LogP contribution in [-0.4, -0.2) is 26.7 Å². The first kappa shape index (κ1) is 13.2. The highest BCUT2D eigenvalue weighted by molar-refractivity contribution is 9.10. The second-order valence-electron chi connectivity index (χ2n) is 3.97. The number of halogens is 2. The topological polar surface area (TPSA) is 50.9 Å². The number of aliphatic hydroxyl groups is 1. The van der Waals surface area contributed by atoms with E-state index in [0.717, 1.165) is 10.2 Å². The van der Waals surface area contributed by atoms with Crippen LogP contribution in [0.4, 0.5) is 4.39 Å². The number of rotatable bonds is 5. The molecule has 0 radical (unpaired) electrons. The molecule has 0 aliphatic heterocycles. The third kappa shape index (κ3) is 3.36. The zero-order valence-corrected chi connectivity index (χ0v) is 11.3. The highest BCUT2D eigenvalue weighted by Crippen LogP contribution is 2.16. The summed E-state index contributed by atoms with van der Waals surface area (Å²) >= 11 is 3.31. The predicted molar refractivity (Wildman–Crippen MR) is 68.6 cm³/mol. The van der Waals surface area contributed by atoms with Crippen molar-refractivity contribution in [3.05, 3.63) is 45.9 Å². The van der Waals surface area contributed by atoms with Crippen LogP contribution < -0.4 is 0 Å². The molecule has 2 aromatic rings. The molecule has 0 unspecified atom stereocenters. The van der Waals surface area contributed by atoms with E-state index in [2.05, 4.69) is 26.2 Å². The quantitative estimate of drug-likeness (QED) is 0.920. The summed E-state index contributed by atoms with van der Waals surface area (Å²) < 4.78 is 16.0. The maximum absolute atomic E-state index is 13.5. The van der Waals surface area contributed by atoms with E-state index in [-0.39, 0.29) is 12.4 Å². The van der Waals surface area contributed by atoms with Crippen molar-refractivity contribution in [1.29, 1.82) is 0 Å². The second kappa shape index (κ2) is 6.06. The summed E-state index contributed by atoms with van der Waals surface area (Å²) in [6.07, 6.45) is 3.11. The molecule has 1 heterocycles. The van der Waals surface area contributed by atoms with Gasteiger partial charge in [0.25, 0.3) is 0 Å². The number of aryl methyl sites for hydroxylation is 1. The van der Waals surface area contributed by atoms with Gasteiger partial charge < -0.3 is 5.11 Å². The van der Waals surface area contributed by atoms with Gasteiger partial charge in [0.1, 0.15) is 5.82 Å². The van der Waals surface area contributed by atoms with Gasteiger partial charge in [0.05, 0.1) is 12.2 Å². The Hall–Kier alpha value is -1.27. The van der Waals surface area contributed by atoms with Gasteiger partial charge in [-0.3, -0.25) is 0 Å². The standard InChI is InChI=1S/C12H13BrFN3O/c13-10-3-4-12(14)9(6-10)7-17-8-11(15-16-17)2-1-5-18/h3-4,6,8,18H,1-2,5,7H2. The van der Waals surface area contributed by atoms with Crippen LogP contribution >= 0.6 is 15.9 Å². The van der Waals surface area contributed by atoms with Crippen molar-refractivity contribution in [1.82, 2.24) is 15.0 Å². The fraction of sp³-hybridized carbons (Fsp3) is 0.333. The molecule has 18 heavy (non-hydrogen) atoms. The van der Waals surface area contributed by atoms with Gasteiger partial charge in [-0.15, -0.1) is 5.10 Å². The van der Waals surface area contributed by atoms with Gasteiger partial charge in [0.15, 0.2) is 0 Å². The summed E-state index contributed by atoms with van der Waals surface area (Å²) in [6, 6.07) is 4.81. The molecule has 2 rings (SSSR count). The zero-order chi connectivity index (χ0) is 13.0. The van der Waals surface area contributed by atoms with Crippen molar-refractivity contribution in [3.8, 4) is 0 Å². The lowest BCUT2D eigenvalue weighted by atomic mass is 10.2. The minimum Gasteiger partial charge on any atom is -0.396 e. The molecule has 0 bridgehead atoms. The fourth-order valence-corrected chi connectivity index (χ4v) is 2.04. The molecule has 0 amide bonds. The summed E-state index contributed by atoms with van der Waals surface area (Å²) in [4.78, 5) is 0. The van der Waals surface area contributed by atoms with Crippen LogP contribution in [0.1, 0.15) is 17.7 Å². The van der Waals surface area contributed by atoms with Gasteiger partial charge in [0.2, 0.25) is 0 Å². The molecule has 0 aliphatic rings. The SMILES string of the molecule is OCCCc1cn(Cc2cc(Br)ccc2F)nn1. The molecule has 0 spiro atoms. The second-order valence-corrected chi connectivity index (χ2v) is 4.89. The molecule has 6 heteroatoms. The van der Waals surface area contributed by atoms with E-state index in [1.54, 1.807) is 23.0 Å². The lowest BCUT2D eigenvalue weighted by molar-refractivity contribution is 0.288. The van der Waals surface area contributed by atoms with Gasteiger partial charge in [-0.25, -0.2) is 9.07 Å². The first-order chi connectivity index (χ1) is 8.69. The molecule has 0 saturated carbocycles. The Labute approximate surface area is 113 Å². The van der Waals surface area contributed by atoms with Crippen molar-refractivity contribution in [2.45, 2.75) is 19.4 Å². The van der Waals surface area contributed by atoms with E-state index >= 15 is 0 Å². The minimum absolute atomic E-state index is 0.132. The molecule has 0 aliphatic carbocycles. The van der Waals surface area contributed by atoms with Gasteiger partial charge in [-0.2, -0.15) is 0 Å². The number of aromatic nitrogens is 3. The summed E-state index contributed by atoms with van der Waals surface area (Å²) in [5.41, 5.74) is 1.36. The van der Waals surface area contributed by atoms with Crippen LogP contribution in [0.2, 0.25) is 0 Å². The Bertz CT molecular complexity index is 530. The Kier molecular flexibility index (Phi) is 4.43. The van der Waals surface area contributed by atoms with Crippen molar-refractivity contribution in [2.24, 2.45) is 0 Å². The van der Waals surface area contributed by atoms with Crippen LogP contribution in [0, 0.1) is 5.82 Å². The first-order valence-electron chi connectivity index (χ1n) is 5.63. The third-order valence-corrected chi connectivity index (χ3v) is 3.01. The molecule has 1 aromatic heterocycles. The van der Waals surface area contributed by atoms with Crippen LogP contribution in [0.15, 0.2) is 28.9 Å². The van der Waals surface area contributed by atoms with Crippen molar-refractivity contribution in [3.63, 3.8) is 0 Å². The van der Waals surface area contributed by atoms with Crippen LogP contribution in [0.5, 0.6) is 0 Å². The minimum atomic E-state index is -0.259. The maximum Gasteiger partial charge on any atom is 0.128 e. The molecule has 0 atom stereocenters. The number of nitrogens with zero attached hydrogens (tertiary/aromatic N) is 3. The van der Waals surface area contributed by atoms with Gasteiger partial charge in [-0.05, 0) is 31.0 Å². The number of hydrogen-bond donors (Lipinski definition) is 1. The molecule has 1 aromatic carbocycles. The summed E-state index contributed by atoms with van der Waals surface area (Å²) in [5.74, 6) is -0.259. The Morgan fingerprint density at radius 1 is 1.39 bits per heavy atom. The van der Waals surface area contributed by atoms with Crippen molar-refractivity contribution in [2.75, 3.05) is 6.61 Å². The molecular formula is C12H13BrFN3O. The van der Waals surface area contributed by atoms with Gasteiger partial charge in [-0.1, -0.05) is 21.1 Å². The Balaban J connectivity index is 2.08. The highest BCUT2D eigenvalue weighted by Gasteiger charge is 2.06. The van der Waals surface area contributed by atoms with E-state index in [9.17, 15) is 4.39 Å². The van der Waals surface area contributed by atoms with E-state index in [4.69, 9.17) is 5.11 Å². The molecule has 4 nitrogen and oxygen atoms in total. The molecule has 0 saturated heterocycles. The lowest BCUT2D eigenvalue weighted by Gasteiger charge is -2.03. The lowest BCUT2D eigenvalue weighted by Crippen LogP contribution is -2.02. The smallest absolute Gasteiger partial charge is 0.128 e. The number of benzene rings is 1. The summed E-state index contributed by atoms with van der Waals surface area (Å²) in [7, 11) is 0. The van der Waals surface area contributed by atoms with Gasteiger partial charge in [0, 0.05) is 22.8 Å². The third-order valence-electron chi connectivity index (χ3n) is 2.52. The normalized spacial score (nSPS) is 10.8. The average molecular weight is 314 g/mol. The van der Waals surface area contributed by atoms with E-state index in [1.165, 1.54) is 6.07 Å². The first-order valence-corrected chi connectivity index (χ1v) is 6.42. The monoisotopic (exact) mass is 313 g/mol. The Morgan fingerprint density at radius 3 is 3.00 bits per heavy atom. The maximum atomic E-state index is 13.5. The zero-order valence-electron chi connectivity index (χ0n) is 9.68. The largest absolute Gasteiger partial charge is 0.396 e. The van der Waals surface area contributed by atoms with Crippen LogP contribution in [0.25, 0.3) is 0 Å². The van der Waals surface area contributed by atoms with E-state index in [1.807, 2.05) is 0 Å². The predicted octanol–water partition coefficient (Wildman–Crippen LogP) is 2.15. The Morgan fingerprint density at radius 2 is 2.22 bits per heavy atom. The average Bonchev–Trinajstić information content (AvgIpc) is 2.79. The molecular weight excluding hydrogens is 301 g/mol. The van der Waals surface area contributed by atoms with E-state index in [0.29, 0.717) is 24.9 Å². The number of hydrogen-bond acceptors (Lipinski definition) is 3. The summed E-state index contributed by atoms with van der Waals surface area (Å²) in [5, 5.41) is 16.6. The van der Waals surface area contributed by atoms with Crippen LogP contribution in [0.3, 0.4) is 0 Å². The molecule has 0 fully saturated rings. The van der Waals surface area contributed by atoms with Gasteiger partial charge >= 0.3 is 0 Å². The van der Waals surface area contributed by atoms with Crippen LogP contribution in [-0.2, 0) is 13.0 Å². The number of aliphatic hydroxyl groups excluding tert-OH is 1. The fourth-order valence-electron chi connectivity index (χ4n) is 1.63. The van der Waals surface area contributed by atoms with E-state index < -0.39 is 0 Å². The highest BCUT2D eigenvalue weighted by atomic mass is 79.9. The van der Waals surface area contributed by atoms with Crippen molar-refractivity contribution < 1.29 is 9.50 Å².